The Labute approximate surface area is 359 Å². The molecule has 3 heterocycles. The van der Waals surface area contributed by atoms with Crippen molar-refractivity contribution in [2.45, 2.75) is 103 Å². The first kappa shape index (κ1) is 43.4. The van der Waals surface area contributed by atoms with E-state index in [1.807, 2.05) is 65.1 Å². The number of carboxylic acids is 1. The maximum Gasteiger partial charge on any atom is 0.408 e. The molecule has 8 atom stereocenters. The van der Waals surface area contributed by atoms with Gasteiger partial charge in [0.2, 0.25) is 11.8 Å². The predicted octanol–water partition coefficient (Wildman–Crippen LogP) is 6.21. The van der Waals surface area contributed by atoms with Crippen molar-refractivity contribution in [3.63, 3.8) is 0 Å². The standard InChI is InChI=1S/C43H56ClN7O8S/c1-9-25-19-43(25,39(54)55)49-37(52)31-17-27(20-51(31)38(53)36(42(4,5)6)48-41(56)59-26-15-23-14-24(23)16-26)58-33-18-29(30-21-60-40(47-30)45-22(2)3)46-35-28(33)10-11-32(34(35)44)57-13-12-50(7)8/h9-11,18,21-27,31,36H,1,12-17,19-20H2,2-8H3,(H,45,47)(H,48,56)(H,49,52)(H,54,55)/t23-,24+,25-,26?,27-,31+,36-,43-/m1/s1. The number of carbonyl (C=O) groups excluding carboxylic acids is 3. The van der Waals surface area contributed by atoms with Crippen LogP contribution in [-0.4, -0.2) is 118 Å². The van der Waals surface area contributed by atoms with E-state index in [4.69, 9.17) is 35.8 Å². The maximum absolute atomic E-state index is 14.7. The first-order valence-electron chi connectivity index (χ1n) is 20.6. The highest BCUT2D eigenvalue weighted by atomic mass is 35.5. The highest BCUT2D eigenvalue weighted by Crippen LogP contribution is 2.52. The van der Waals surface area contributed by atoms with E-state index in [2.05, 4.69) is 22.5 Å². The van der Waals surface area contributed by atoms with E-state index in [-0.39, 0.29) is 36.6 Å². The molecule has 15 nitrogen and oxygen atoms in total. The number of carboxylic acid groups (broad SMARTS) is 1. The normalized spacial score (nSPS) is 26.1. The number of carbonyl (C=O) groups is 4. The van der Waals surface area contributed by atoms with Crippen LogP contribution in [0.2, 0.25) is 5.02 Å². The van der Waals surface area contributed by atoms with Gasteiger partial charge in [0.15, 0.2) is 5.13 Å². The largest absolute Gasteiger partial charge is 0.491 e. The molecular weight excluding hydrogens is 810 g/mol. The Hall–Kier alpha value is -4.67. The third-order valence-corrected chi connectivity index (χ3v) is 13.0. The summed E-state index contributed by atoms with van der Waals surface area (Å²) in [5, 5.41) is 22.5. The topological polar surface area (TPSA) is 185 Å². The third kappa shape index (κ3) is 9.30. The summed E-state index contributed by atoms with van der Waals surface area (Å²) in [6.07, 6.45) is 2.87. The van der Waals surface area contributed by atoms with Crippen molar-refractivity contribution in [1.29, 1.82) is 0 Å². The van der Waals surface area contributed by atoms with E-state index in [9.17, 15) is 24.3 Å². The SMILES string of the molecule is C=C[C@@H]1C[C@]1(NC(=O)[C@@H]1C[C@@H](Oc2cc(-c3csc(NC(C)C)n3)nc3c(Cl)c(OCCN(C)C)ccc23)CN1C(=O)[C@@H](NC(=O)OC1C[C@@H]2C[C@@H]2C1)C(C)(C)C)C(=O)O. The molecule has 1 unspecified atom stereocenters. The monoisotopic (exact) mass is 865 g/mol. The Morgan fingerprint density at radius 2 is 1.82 bits per heavy atom. The van der Waals surface area contributed by atoms with Crippen LogP contribution in [-0.2, 0) is 19.1 Å². The molecule has 0 spiro atoms. The van der Waals surface area contributed by atoms with Gasteiger partial charge in [-0.2, -0.15) is 0 Å². The van der Waals surface area contributed by atoms with E-state index in [0.717, 1.165) is 12.8 Å². The Morgan fingerprint density at radius 1 is 1.08 bits per heavy atom. The van der Waals surface area contributed by atoms with Gasteiger partial charge in [0, 0.05) is 41.8 Å². The molecule has 7 rings (SSSR count). The molecule has 324 valence electrons. The summed E-state index contributed by atoms with van der Waals surface area (Å²) in [4.78, 5) is 67.8. The quantitative estimate of drug-likeness (QED) is 0.120. The fourth-order valence-corrected chi connectivity index (χ4v) is 9.45. The number of alkyl carbamates (subject to hydrolysis) is 1. The lowest BCUT2D eigenvalue weighted by atomic mass is 9.85. The van der Waals surface area contributed by atoms with E-state index < -0.39 is 58.9 Å². The zero-order chi connectivity index (χ0) is 43.3. The van der Waals surface area contributed by atoms with E-state index >= 15 is 0 Å². The van der Waals surface area contributed by atoms with Gasteiger partial charge in [-0.15, -0.1) is 17.9 Å². The number of nitrogens with one attached hydrogen (secondary N) is 3. The average molecular weight is 866 g/mol. The van der Waals surface area contributed by atoms with Gasteiger partial charge < -0.3 is 45.1 Å². The minimum Gasteiger partial charge on any atom is -0.491 e. The lowest BCUT2D eigenvalue weighted by molar-refractivity contribution is -0.146. The molecule has 3 amide bonds. The molecule has 60 heavy (non-hydrogen) atoms. The number of benzene rings is 1. The summed E-state index contributed by atoms with van der Waals surface area (Å²) in [7, 11) is 3.90. The number of anilines is 1. The number of hydrogen-bond donors (Lipinski definition) is 4. The van der Waals surface area contributed by atoms with Crippen LogP contribution in [0.25, 0.3) is 22.3 Å². The van der Waals surface area contributed by atoms with Crippen LogP contribution in [0, 0.1) is 23.2 Å². The van der Waals surface area contributed by atoms with Crippen molar-refractivity contribution < 1.29 is 38.5 Å². The van der Waals surface area contributed by atoms with Gasteiger partial charge in [0.05, 0.1) is 17.8 Å². The molecule has 0 bridgehead atoms. The van der Waals surface area contributed by atoms with Gasteiger partial charge in [-0.05, 0) is 83.0 Å². The van der Waals surface area contributed by atoms with Crippen molar-refractivity contribution in [3.05, 3.63) is 41.3 Å². The number of nitrogens with zero attached hydrogens (tertiary/aromatic N) is 4. The van der Waals surface area contributed by atoms with Crippen molar-refractivity contribution in [3.8, 4) is 22.9 Å². The molecule has 0 radical (unpaired) electrons. The summed E-state index contributed by atoms with van der Waals surface area (Å²) in [6.45, 7) is 14.3. The van der Waals surface area contributed by atoms with Crippen molar-refractivity contribution in [1.82, 2.24) is 30.4 Å². The van der Waals surface area contributed by atoms with Gasteiger partial charge in [-0.1, -0.05) is 38.4 Å². The maximum atomic E-state index is 14.7. The lowest BCUT2D eigenvalue weighted by Gasteiger charge is -2.35. The molecule has 2 aromatic heterocycles. The summed E-state index contributed by atoms with van der Waals surface area (Å²) >= 11 is 8.45. The summed E-state index contributed by atoms with van der Waals surface area (Å²) in [5.74, 6) is -0.781. The zero-order valence-corrected chi connectivity index (χ0v) is 36.8. The molecule has 1 saturated heterocycles. The van der Waals surface area contributed by atoms with Crippen LogP contribution in [0.1, 0.15) is 66.7 Å². The van der Waals surface area contributed by atoms with Crippen LogP contribution in [0.15, 0.2) is 36.2 Å². The molecule has 3 aliphatic carbocycles. The number of halogens is 1. The second kappa shape index (κ2) is 17.0. The van der Waals surface area contributed by atoms with Crippen molar-refractivity contribution >= 4 is 62.8 Å². The number of hydrogen-bond acceptors (Lipinski definition) is 12. The second-order valence-corrected chi connectivity index (χ2v) is 19.5. The Kier molecular flexibility index (Phi) is 12.3. The second-order valence-electron chi connectivity index (χ2n) is 18.3. The van der Waals surface area contributed by atoms with E-state index in [1.54, 1.807) is 12.1 Å². The number of pyridine rings is 1. The molecule has 4 fully saturated rings. The number of ether oxygens (including phenoxy) is 3. The highest BCUT2D eigenvalue weighted by Gasteiger charge is 2.61. The summed E-state index contributed by atoms with van der Waals surface area (Å²) in [5.41, 5.74) is -0.833. The van der Waals surface area contributed by atoms with Gasteiger partial charge in [-0.25, -0.2) is 19.6 Å². The minimum atomic E-state index is -1.53. The average Bonchev–Trinajstić information content (AvgIpc) is 3.84. The first-order valence-corrected chi connectivity index (χ1v) is 21.9. The molecule has 17 heteroatoms. The molecular formula is C43H56ClN7O8S. The van der Waals surface area contributed by atoms with Gasteiger partial charge in [-0.3, -0.25) is 9.59 Å². The molecule has 3 aromatic rings. The number of thiazole rings is 1. The number of likely N-dealkylation sites (N-methyl/N-ethyl adjacent to an activating group) is 1. The molecule has 4 aliphatic rings. The van der Waals surface area contributed by atoms with Gasteiger partial charge >= 0.3 is 12.1 Å². The third-order valence-electron chi connectivity index (χ3n) is 11.8. The summed E-state index contributed by atoms with van der Waals surface area (Å²) in [6, 6.07) is 3.27. The van der Waals surface area contributed by atoms with Crippen molar-refractivity contribution in [2.24, 2.45) is 23.2 Å². The van der Waals surface area contributed by atoms with E-state index in [0.29, 0.717) is 63.9 Å². The van der Waals surface area contributed by atoms with Gasteiger partial charge in [0.1, 0.15) is 58.7 Å². The zero-order valence-electron chi connectivity index (χ0n) is 35.2. The predicted molar refractivity (Wildman–Crippen MR) is 229 cm³/mol. The van der Waals surface area contributed by atoms with E-state index in [1.165, 1.54) is 28.7 Å². The lowest BCUT2D eigenvalue weighted by Crippen LogP contribution is -2.59. The minimum absolute atomic E-state index is 0.0238. The molecule has 1 aromatic carbocycles. The number of aromatic nitrogens is 2. The highest BCUT2D eigenvalue weighted by molar-refractivity contribution is 7.14. The van der Waals surface area contributed by atoms with Gasteiger partial charge in [0.25, 0.3) is 0 Å². The fourth-order valence-electron chi connectivity index (χ4n) is 8.34. The molecule has 3 saturated carbocycles. The van der Waals surface area contributed by atoms with Crippen molar-refractivity contribution in [2.75, 3.05) is 39.1 Å². The smallest absolute Gasteiger partial charge is 0.408 e. The van der Waals surface area contributed by atoms with Crippen LogP contribution in [0.5, 0.6) is 11.5 Å². The fraction of sp³-hybridized carbons (Fsp3) is 0.581. The van der Waals surface area contributed by atoms with Crippen LogP contribution in [0.4, 0.5) is 9.93 Å². The number of fused-ring (bicyclic) bond motifs is 2. The Balaban J connectivity index is 1.21. The summed E-state index contributed by atoms with van der Waals surface area (Å²) < 4.78 is 18.6. The first-order chi connectivity index (χ1) is 28.4. The Morgan fingerprint density at radius 3 is 2.45 bits per heavy atom. The number of rotatable bonds is 16. The molecule has 1 aliphatic heterocycles. The molecule has 4 N–H and O–H groups in total. The van der Waals surface area contributed by atoms with Crippen LogP contribution < -0.4 is 25.4 Å². The number of aliphatic carboxylic acids is 1. The number of amides is 3. The number of likely N-dealkylation sites (tertiary alicyclic amines) is 1. The van der Waals surface area contributed by atoms with Crippen LogP contribution >= 0.6 is 22.9 Å². The Bertz CT molecular complexity index is 2150. The van der Waals surface area contributed by atoms with Crippen LogP contribution in [0.3, 0.4) is 0 Å².